The van der Waals surface area contributed by atoms with E-state index in [1.807, 2.05) is 0 Å². The van der Waals surface area contributed by atoms with Gasteiger partial charge in [-0.25, -0.2) is 0 Å². The molecule has 7 heteroatoms. The Bertz CT molecular complexity index is 407. The van der Waals surface area contributed by atoms with Gasteiger partial charge in [-0.15, -0.1) is 0 Å². The summed E-state index contributed by atoms with van der Waals surface area (Å²) in [6, 6.07) is 1.31. The second-order valence-electron chi connectivity index (χ2n) is 3.02. The maximum Gasteiger partial charge on any atom is 0.255 e. The number of pyridine rings is 1. The lowest BCUT2D eigenvalue weighted by Crippen LogP contribution is -2.39. The Kier molecular flexibility index (Phi) is 3.78. The standard InChI is InChI=1S/C9H11N3O4/c10-8(15)7(14)4-12-9(16)5-1-2-11-3-6(5)13/h1-3,7,13-14H,4H2,(H2,10,15)(H,12,16). The summed E-state index contributed by atoms with van der Waals surface area (Å²) in [6.07, 6.45) is 0.992. The molecule has 5 N–H and O–H groups in total. The minimum absolute atomic E-state index is 0.00618. The Labute approximate surface area is 90.9 Å². The van der Waals surface area contributed by atoms with Gasteiger partial charge < -0.3 is 21.3 Å². The van der Waals surface area contributed by atoms with Crippen LogP contribution in [0.3, 0.4) is 0 Å². The van der Waals surface area contributed by atoms with E-state index in [9.17, 15) is 14.7 Å². The van der Waals surface area contributed by atoms with Gasteiger partial charge in [-0.05, 0) is 6.07 Å². The van der Waals surface area contributed by atoms with Gasteiger partial charge in [0.05, 0.1) is 18.3 Å². The van der Waals surface area contributed by atoms with Crippen LogP contribution in [-0.4, -0.2) is 39.7 Å². The molecule has 16 heavy (non-hydrogen) atoms. The van der Waals surface area contributed by atoms with Crippen molar-refractivity contribution in [2.75, 3.05) is 6.54 Å². The number of rotatable bonds is 4. The second kappa shape index (κ2) is 5.08. The van der Waals surface area contributed by atoms with Gasteiger partial charge in [0, 0.05) is 6.20 Å². The van der Waals surface area contributed by atoms with Crippen molar-refractivity contribution in [3.05, 3.63) is 24.0 Å². The topological polar surface area (TPSA) is 126 Å². The van der Waals surface area contributed by atoms with Crippen molar-refractivity contribution in [3.8, 4) is 5.75 Å². The van der Waals surface area contributed by atoms with Gasteiger partial charge in [0.15, 0.2) is 0 Å². The number of aromatic hydroxyl groups is 1. The fourth-order valence-corrected chi connectivity index (χ4v) is 0.963. The summed E-state index contributed by atoms with van der Waals surface area (Å²) >= 11 is 0. The number of aliphatic hydroxyl groups is 1. The average molecular weight is 225 g/mol. The molecule has 1 atom stereocenters. The number of nitrogens with one attached hydrogen (secondary N) is 1. The molecule has 0 fully saturated rings. The van der Waals surface area contributed by atoms with Crippen LogP contribution in [-0.2, 0) is 4.79 Å². The first-order chi connectivity index (χ1) is 7.52. The molecule has 1 aromatic heterocycles. The lowest BCUT2D eigenvalue weighted by atomic mass is 10.2. The van der Waals surface area contributed by atoms with E-state index in [2.05, 4.69) is 10.3 Å². The molecule has 2 amide bonds. The zero-order valence-corrected chi connectivity index (χ0v) is 8.25. The summed E-state index contributed by atoms with van der Waals surface area (Å²) in [6.45, 7) is -0.310. The Morgan fingerprint density at radius 2 is 2.25 bits per heavy atom. The molecule has 0 aliphatic carbocycles. The molecular weight excluding hydrogens is 214 g/mol. The summed E-state index contributed by atoms with van der Waals surface area (Å²) in [5.74, 6) is -1.84. The quantitative estimate of drug-likeness (QED) is 0.489. The van der Waals surface area contributed by atoms with Gasteiger partial charge in [-0.2, -0.15) is 0 Å². The number of carbonyl (C=O) groups is 2. The van der Waals surface area contributed by atoms with Crippen LogP contribution in [0.2, 0.25) is 0 Å². The SMILES string of the molecule is NC(=O)C(O)CNC(=O)c1ccncc1O. The zero-order valence-electron chi connectivity index (χ0n) is 8.25. The highest BCUT2D eigenvalue weighted by Gasteiger charge is 2.15. The van der Waals surface area contributed by atoms with Crippen LogP contribution in [0.25, 0.3) is 0 Å². The molecule has 1 heterocycles. The highest BCUT2D eigenvalue weighted by atomic mass is 16.3. The monoisotopic (exact) mass is 225 g/mol. The lowest BCUT2D eigenvalue weighted by Gasteiger charge is -2.08. The van der Waals surface area contributed by atoms with E-state index in [1.165, 1.54) is 12.3 Å². The fraction of sp³-hybridized carbons (Fsp3) is 0.222. The normalized spacial score (nSPS) is 11.8. The molecule has 0 bridgehead atoms. The highest BCUT2D eigenvalue weighted by molar-refractivity contribution is 5.96. The number of aromatic nitrogens is 1. The molecule has 0 spiro atoms. The minimum atomic E-state index is -1.45. The van der Waals surface area contributed by atoms with Crippen molar-refractivity contribution in [2.45, 2.75) is 6.10 Å². The maximum absolute atomic E-state index is 11.4. The largest absolute Gasteiger partial charge is 0.505 e. The number of nitrogens with zero attached hydrogens (tertiary/aromatic N) is 1. The van der Waals surface area contributed by atoms with Crippen LogP contribution in [0.15, 0.2) is 18.5 Å². The molecule has 0 aliphatic rings. The third kappa shape index (κ3) is 2.92. The maximum atomic E-state index is 11.4. The van der Waals surface area contributed by atoms with Crippen LogP contribution in [0.5, 0.6) is 5.75 Å². The van der Waals surface area contributed by atoms with Gasteiger partial charge in [0.25, 0.3) is 5.91 Å². The third-order valence-electron chi connectivity index (χ3n) is 1.83. The third-order valence-corrected chi connectivity index (χ3v) is 1.83. The Hall–Kier alpha value is -2.15. The van der Waals surface area contributed by atoms with E-state index in [4.69, 9.17) is 10.8 Å². The Morgan fingerprint density at radius 3 is 2.81 bits per heavy atom. The Balaban J connectivity index is 2.60. The van der Waals surface area contributed by atoms with Crippen LogP contribution in [0.1, 0.15) is 10.4 Å². The lowest BCUT2D eigenvalue weighted by molar-refractivity contribution is -0.125. The second-order valence-corrected chi connectivity index (χ2v) is 3.02. The molecule has 1 unspecified atom stereocenters. The van der Waals surface area contributed by atoms with E-state index < -0.39 is 17.9 Å². The van der Waals surface area contributed by atoms with Crippen LogP contribution >= 0.6 is 0 Å². The smallest absolute Gasteiger partial charge is 0.255 e. The molecule has 0 aliphatic heterocycles. The van der Waals surface area contributed by atoms with Crippen molar-refractivity contribution in [1.29, 1.82) is 0 Å². The van der Waals surface area contributed by atoms with Gasteiger partial charge in [-0.1, -0.05) is 0 Å². The van der Waals surface area contributed by atoms with Crippen molar-refractivity contribution in [1.82, 2.24) is 10.3 Å². The van der Waals surface area contributed by atoms with Gasteiger partial charge >= 0.3 is 0 Å². The summed E-state index contributed by atoms with van der Waals surface area (Å²) in [7, 11) is 0. The Morgan fingerprint density at radius 1 is 1.56 bits per heavy atom. The number of carbonyl (C=O) groups excluding carboxylic acids is 2. The van der Waals surface area contributed by atoms with Crippen molar-refractivity contribution >= 4 is 11.8 Å². The number of hydrogen-bond acceptors (Lipinski definition) is 5. The van der Waals surface area contributed by atoms with Crippen LogP contribution in [0, 0.1) is 0 Å². The predicted molar refractivity (Wildman–Crippen MR) is 53.4 cm³/mol. The first-order valence-corrected chi connectivity index (χ1v) is 4.41. The molecule has 1 aromatic rings. The van der Waals surface area contributed by atoms with E-state index >= 15 is 0 Å². The molecule has 0 radical (unpaired) electrons. The number of hydrogen-bond donors (Lipinski definition) is 4. The zero-order chi connectivity index (χ0) is 12.1. The van der Waals surface area contributed by atoms with E-state index in [0.29, 0.717) is 0 Å². The van der Waals surface area contributed by atoms with Gasteiger partial charge in [0.1, 0.15) is 11.9 Å². The first-order valence-electron chi connectivity index (χ1n) is 4.41. The first kappa shape index (κ1) is 11.9. The number of nitrogens with two attached hydrogens (primary N) is 1. The van der Waals surface area contributed by atoms with Crippen molar-refractivity contribution in [3.63, 3.8) is 0 Å². The summed E-state index contributed by atoms with van der Waals surface area (Å²) < 4.78 is 0. The van der Waals surface area contributed by atoms with Crippen molar-refractivity contribution in [2.24, 2.45) is 5.73 Å². The molecule has 0 saturated heterocycles. The average Bonchev–Trinajstić information content (AvgIpc) is 2.25. The molecule has 0 saturated carbocycles. The summed E-state index contributed by atoms with van der Waals surface area (Å²) in [4.78, 5) is 25.5. The molecule has 86 valence electrons. The van der Waals surface area contributed by atoms with Crippen LogP contribution in [0.4, 0.5) is 0 Å². The van der Waals surface area contributed by atoms with Gasteiger partial charge in [-0.3, -0.25) is 14.6 Å². The van der Waals surface area contributed by atoms with E-state index in [0.717, 1.165) is 6.20 Å². The minimum Gasteiger partial charge on any atom is -0.505 e. The van der Waals surface area contributed by atoms with Crippen LogP contribution < -0.4 is 11.1 Å². The summed E-state index contributed by atoms with van der Waals surface area (Å²) in [5.41, 5.74) is 4.80. The molecular formula is C9H11N3O4. The summed E-state index contributed by atoms with van der Waals surface area (Å²) in [5, 5.41) is 20.5. The fourth-order valence-electron chi connectivity index (χ4n) is 0.963. The van der Waals surface area contributed by atoms with E-state index in [-0.39, 0.29) is 17.9 Å². The number of amides is 2. The number of aliphatic hydroxyl groups excluding tert-OH is 1. The molecule has 0 aromatic carbocycles. The van der Waals surface area contributed by atoms with Gasteiger partial charge in [0.2, 0.25) is 5.91 Å². The number of primary amides is 1. The van der Waals surface area contributed by atoms with E-state index in [1.54, 1.807) is 0 Å². The highest BCUT2D eigenvalue weighted by Crippen LogP contribution is 2.12. The molecule has 1 rings (SSSR count). The molecule has 7 nitrogen and oxygen atoms in total. The predicted octanol–water partition coefficient (Wildman–Crippen LogP) is -1.64. The van der Waals surface area contributed by atoms with Crippen molar-refractivity contribution < 1.29 is 19.8 Å².